The average Bonchev–Trinajstić information content (AvgIpc) is 2.49. The maximum atomic E-state index is 12.8. The molecule has 0 aliphatic heterocycles. The Morgan fingerprint density at radius 1 is 1.23 bits per heavy atom. The molecule has 7 heteroatoms. The third kappa shape index (κ3) is 5.79. The van der Waals surface area contributed by atoms with Crippen molar-refractivity contribution < 1.29 is 19.1 Å². The molecule has 0 saturated heterocycles. The van der Waals surface area contributed by atoms with Crippen molar-refractivity contribution in [3.63, 3.8) is 0 Å². The molecule has 0 aromatic heterocycles. The van der Waals surface area contributed by atoms with Crippen molar-refractivity contribution in [3.8, 4) is 0 Å². The quantitative estimate of drug-likeness (QED) is 0.572. The van der Waals surface area contributed by atoms with Crippen LogP contribution in [0.1, 0.15) is 25.5 Å². The van der Waals surface area contributed by atoms with Crippen LogP contribution in [0.3, 0.4) is 0 Å². The smallest absolute Gasteiger partial charge is 0.239 e. The van der Waals surface area contributed by atoms with Crippen molar-refractivity contribution in [1.29, 1.82) is 0 Å². The lowest BCUT2D eigenvalue weighted by Gasteiger charge is -2.16. The fourth-order valence-electron chi connectivity index (χ4n) is 1.66. The molecule has 1 aromatic rings. The number of aliphatic hydroxyl groups excluding tert-OH is 1. The van der Waals surface area contributed by atoms with Crippen LogP contribution in [0.15, 0.2) is 24.3 Å². The SMILES string of the molecule is CC(C)[C@H](N)C(=O)NCC(=O)NCC(O)c1ccc(F)cc1. The highest BCUT2D eigenvalue weighted by Crippen LogP contribution is 2.12. The lowest BCUT2D eigenvalue weighted by Crippen LogP contribution is -2.47. The predicted molar refractivity (Wildman–Crippen MR) is 80.2 cm³/mol. The molecule has 0 heterocycles. The number of carbonyl (C=O) groups is 2. The molecule has 1 rings (SSSR count). The molecule has 122 valence electrons. The summed E-state index contributed by atoms with van der Waals surface area (Å²) in [6, 6.07) is 4.67. The summed E-state index contributed by atoms with van der Waals surface area (Å²) < 4.78 is 12.8. The Balaban J connectivity index is 2.34. The van der Waals surface area contributed by atoms with Crippen molar-refractivity contribution >= 4 is 11.8 Å². The Bertz CT molecular complexity index is 505. The van der Waals surface area contributed by atoms with Gasteiger partial charge in [-0.3, -0.25) is 9.59 Å². The van der Waals surface area contributed by atoms with Gasteiger partial charge >= 0.3 is 0 Å². The van der Waals surface area contributed by atoms with E-state index in [1.165, 1.54) is 24.3 Å². The number of aliphatic hydroxyl groups is 1. The zero-order valence-corrected chi connectivity index (χ0v) is 12.7. The van der Waals surface area contributed by atoms with Crippen molar-refractivity contribution in [2.75, 3.05) is 13.1 Å². The minimum atomic E-state index is -0.946. The van der Waals surface area contributed by atoms with Gasteiger partial charge in [-0.2, -0.15) is 0 Å². The van der Waals surface area contributed by atoms with Crippen molar-refractivity contribution in [2.45, 2.75) is 26.0 Å². The van der Waals surface area contributed by atoms with Gasteiger partial charge in [-0.25, -0.2) is 4.39 Å². The van der Waals surface area contributed by atoms with Crippen LogP contribution in [0, 0.1) is 11.7 Å². The number of hydrogen-bond acceptors (Lipinski definition) is 4. The Morgan fingerprint density at radius 3 is 2.36 bits per heavy atom. The molecule has 0 bridgehead atoms. The monoisotopic (exact) mass is 311 g/mol. The molecular formula is C15H22FN3O3. The standard InChI is InChI=1S/C15H22FN3O3/c1-9(2)14(17)15(22)19-8-13(21)18-7-12(20)10-3-5-11(16)6-4-10/h3-6,9,12,14,20H,7-8,17H2,1-2H3,(H,18,21)(H,19,22)/t12?,14-/m0/s1. The zero-order valence-electron chi connectivity index (χ0n) is 12.7. The second-order valence-corrected chi connectivity index (χ2v) is 5.36. The molecule has 0 aliphatic rings. The minimum Gasteiger partial charge on any atom is -0.387 e. The van der Waals surface area contributed by atoms with Gasteiger partial charge in [0.15, 0.2) is 0 Å². The number of benzene rings is 1. The number of nitrogens with two attached hydrogens (primary N) is 1. The molecule has 0 radical (unpaired) electrons. The molecule has 0 saturated carbocycles. The van der Waals surface area contributed by atoms with E-state index >= 15 is 0 Å². The molecule has 0 spiro atoms. The van der Waals surface area contributed by atoms with Crippen LogP contribution in [0.4, 0.5) is 4.39 Å². The van der Waals surface area contributed by atoms with Crippen LogP contribution >= 0.6 is 0 Å². The number of hydrogen-bond donors (Lipinski definition) is 4. The number of amides is 2. The second kappa shape index (κ2) is 8.45. The molecule has 0 aliphatic carbocycles. The lowest BCUT2D eigenvalue weighted by molar-refractivity contribution is -0.127. The highest BCUT2D eigenvalue weighted by molar-refractivity contribution is 5.87. The number of nitrogens with one attached hydrogen (secondary N) is 2. The number of halogens is 1. The minimum absolute atomic E-state index is 0.0247. The maximum Gasteiger partial charge on any atom is 0.239 e. The molecule has 2 amide bonds. The van der Waals surface area contributed by atoms with Crippen LogP contribution < -0.4 is 16.4 Å². The molecule has 5 N–H and O–H groups in total. The number of rotatable bonds is 7. The first-order valence-electron chi connectivity index (χ1n) is 7.04. The highest BCUT2D eigenvalue weighted by atomic mass is 19.1. The first-order chi connectivity index (χ1) is 10.3. The summed E-state index contributed by atoms with van der Waals surface area (Å²) in [5, 5.41) is 14.8. The Kier molecular flexibility index (Phi) is 6.94. The van der Waals surface area contributed by atoms with E-state index < -0.39 is 29.8 Å². The lowest BCUT2D eigenvalue weighted by atomic mass is 10.1. The molecular weight excluding hydrogens is 289 g/mol. The zero-order chi connectivity index (χ0) is 16.7. The largest absolute Gasteiger partial charge is 0.387 e. The first kappa shape index (κ1) is 18.1. The van der Waals surface area contributed by atoms with Gasteiger partial charge in [-0.05, 0) is 23.6 Å². The maximum absolute atomic E-state index is 12.8. The first-order valence-corrected chi connectivity index (χ1v) is 7.04. The highest BCUT2D eigenvalue weighted by Gasteiger charge is 2.17. The summed E-state index contributed by atoms with van der Waals surface area (Å²) in [5.74, 6) is -1.26. The second-order valence-electron chi connectivity index (χ2n) is 5.36. The van der Waals surface area contributed by atoms with Crippen LogP contribution in [-0.4, -0.2) is 36.1 Å². The predicted octanol–water partition coefficient (Wildman–Crippen LogP) is 0.0748. The van der Waals surface area contributed by atoms with E-state index in [0.717, 1.165) is 0 Å². The van der Waals surface area contributed by atoms with E-state index in [0.29, 0.717) is 5.56 Å². The fraction of sp³-hybridized carbons (Fsp3) is 0.467. The molecule has 0 fully saturated rings. The Hall–Kier alpha value is -1.99. The molecule has 6 nitrogen and oxygen atoms in total. The summed E-state index contributed by atoms with van der Waals surface area (Å²) in [4.78, 5) is 23.2. The van der Waals surface area contributed by atoms with Crippen LogP contribution in [0.2, 0.25) is 0 Å². The summed E-state index contributed by atoms with van der Waals surface area (Å²) >= 11 is 0. The average molecular weight is 311 g/mol. The van der Waals surface area contributed by atoms with Crippen LogP contribution in [0.5, 0.6) is 0 Å². The van der Waals surface area contributed by atoms with E-state index in [1.54, 1.807) is 0 Å². The summed E-state index contributed by atoms with van der Waals surface area (Å²) in [6.45, 7) is 3.37. The van der Waals surface area contributed by atoms with Gasteiger partial charge in [-0.1, -0.05) is 26.0 Å². The summed E-state index contributed by atoms with van der Waals surface area (Å²) in [6.07, 6.45) is -0.946. The van der Waals surface area contributed by atoms with Crippen molar-refractivity contribution in [2.24, 2.45) is 11.7 Å². The van der Waals surface area contributed by atoms with Crippen LogP contribution in [0.25, 0.3) is 0 Å². The topological polar surface area (TPSA) is 104 Å². The van der Waals surface area contributed by atoms with Gasteiger partial charge in [0.2, 0.25) is 11.8 Å². The van der Waals surface area contributed by atoms with Gasteiger partial charge in [-0.15, -0.1) is 0 Å². The van der Waals surface area contributed by atoms with E-state index in [2.05, 4.69) is 10.6 Å². The molecule has 22 heavy (non-hydrogen) atoms. The van der Waals surface area contributed by atoms with Gasteiger partial charge in [0.25, 0.3) is 0 Å². The summed E-state index contributed by atoms with van der Waals surface area (Å²) in [5.41, 5.74) is 6.14. The van der Waals surface area contributed by atoms with E-state index in [1.807, 2.05) is 13.8 Å². The molecule has 2 atom stereocenters. The van der Waals surface area contributed by atoms with E-state index in [9.17, 15) is 19.1 Å². The van der Waals surface area contributed by atoms with Crippen molar-refractivity contribution in [1.82, 2.24) is 10.6 Å². The summed E-state index contributed by atoms with van der Waals surface area (Å²) in [7, 11) is 0. The molecule has 1 aromatic carbocycles. The van der Waals surface area contributed by atoms with Gasteiger partial charge < -0.3 is 21.5 Å². The molecule has 1 unspecified atom stereocenters. The third-order valence-electron chi connectivity index (χ3n) is 3.19. The van der Waals surface area contributed by atoms with Gasteiger partial charge in [0.05, 0.1) is 18.7 Å². The van der Waals surface area contributed by atoms with Crippen LogP contribution in [-0.2, 0) is 9.59 Å². The normalized spacial score (nSPS) is 13.5. The van der Waals surface area contributed by atoms with Gasteiger partial charge in [0, 0.05) is 6.54 Å². The Labute approximate surface area is 128 Å². The van der Waals surface area contributed by atoms with E-state index in [4.69, 9.17) is 5.73 Å². The Morgan fingerprint density at radius 2 is 1.82 bits per heavy atom. The van der Waals surface area contributed by atoms with E-state index in [-0.39, 0.29) is 19.0 Å². The van der Waals surface area contributed by atoms with Gasteiger partial charge in [0.1, 0.15) is 5.82 Å². The number of carbonyl (C=O) groups excluding carboxylic acids is 2. The fourth-order valence-corrected chi connectivity index (χ4v) is 1.66. The van der Waals surface area contributed by atoms with Crippen molar-refractivity contribution in [3.05, 3.63) is 35.6 Å². The third-order valence-corrected chi connectivity index (χ3v) is 3.19.